The zero-order valence-corrected chi connectivity index (χ0v) is 11.8. The van der Waals surface area contributed by atoms with Gasteiger partial charge in [0, 0.05) is 12.0 Å². The van der Waals surface area contributed by atoms with Crippen molar-refractivity contribution < 1.29 is 19.2 Å². The van der Waals surface area contributed by atoms with Gasteiger partial charge >= 0.3 is 5.97 Å². The standard InChI is InChI=1S/C15H16N2O4/c1-3-11-12(14(18)16-9(2)15(19)20)13(17-21-11)10-7-5-4-6-8-10/h4-9H,3H2,1-2H3,(H,16,18)(H,19,20)/t9-/m0/s1. The van der Waals surface area contributed by atoms with Gasteiger partial charge in [0.25, 0.3) is 5.91 Å². The van der Waals surface area contributed by atoms with Crippen LogP contribution >= 0.6 is 0 Å². The SMILES string of the molecule is CCc1onc(-c2ccccc2)c1C(=O)N[C@@H](C)C(=O)O. The minimum Gasteiger partial charge on any atom is -0.480 e. The molecule has 1 atom stereocenters. The number of carbonyl (C=O) groups is 2. The maximum absolute atomic E-state index is 12.3. The van der Waals surface area contributed by atoms with Crippen LogP contribution in [0.3, 0.4) is 0 Å². The summed E-state index contributed by atoms with van der Waals surface area (Å²) in [6, 6.07) is 8.16. The number of carboxylic acid groups (broad SMARTS) is 1. The van der Waals surface area contributed by atoms with E-state index in [1.165, 1.54) is 6.92 Å². The summed E-state index contributed by atoms with van der Waals surface area (Å²) >= 11 is 0. The van der Waals surface area contributed by atoms with E-state index in [1.54, 1.807) is 0 Å². The van der Waals surface area contributed by atoms with Crippen LogP contribution in [-0.4, -0.2) is 28.2 Å². The molecule has 0 saturated carbocycles. The van der Waals surface area contributed by atoms with Crippen molar-refractivity contribution in [2.45, 2.75) is 26.3 Å². The minimum atomic E-state index is -1.10. The molecule has 0 unspecified atom stereocenters. The summed E-state index contributed by atoms with van der Waals surface area (Å²) in [4.78, 5) is 23.2. The zero-order valence-electron chi connectivity index (χ0n) is 11.8. The third-order valence-electron chi connectivity index (χ3n) is 3.08. The fourth-order valence-electron chi connectivity index (χ4n) is 1.92. The number of aliphatic carboxylic acids is 1. The van der Waals surface area contributed by atoms with E-state index in [4.69, 9.17) is 9.63 Å². The molecule has 1 amide bonds. The van der Waals surface area contributed by atoms with Gasteiger partial charge in [0.2, 0.25) is 0 Å². The van der Waals surface area contributed by atoms with Gasteiger partial charge in [0.1, 0.15) is 23.1 Å². The lowest BCUT2D eigenvalue weighted by Crippen LogP contribution is -2.38. The summed E-state index contributed by atoms with van der Waals surface area (Å²) in [5, 5.41) is 15.3. The topological polar surface area (TPSA) is 92.4 Å². The second-order valence-electron chi connectivity index (χ2n) is 4.58. The first-order chi connectivity index (χ1) is 10.0. The number of nitrogens with zero attached hydrogens (tertiary/aromatic N) is 1. The van der Waals surface area contributed by atoms with Gasteiger partial charge in [-0.15, -0.1) is 0 Å². The molecule has 0 radical (unpaired) electrons. The number of rotatable bonds is 5. The summed E-state index contributed by atoms with van der Waals surface area (Å²) in [6.07, 6.45) is 0.490. The van der Waals surface area contributed by atoms with E-state index in [0.717, 1.165) is 5.56 Å². The Bertz CT molecular complexity index is 649. The van der Waals surface area contributed by atoms with Crippen molar-refractivity contribution in [1.29, 1.82) is 0 Å². The van der Waals surface area contributed by atoms with E-state index in [0.29, 0.717) is 17.9 Å². The molecule has 21 heavy (non-hydrogen) atoms. The molecule has 2 rings (SSSR count). The maximum Gasteiger partial charge on any atom is 0.325 e. The molecule has 0 fully saturated rings. The molecule has 110 valence electrons. The molecule has 0 aliphatic heterocycles. The van der Waals surface area contributed by atoms with Gasteiger partial charge in [-0.05, 0) is 6.92 Å². The summed E-state index contributed by atoms with van der Waals surface area (Å²) in [7, 11) is 0. The van der Waals surface area contributed by atoms with Crippen LogP contribution in [0, 0.1) is 0 Å². The number of nitrogens with one attached hydrogen (secondary N) is 1. The van der Waals surface area contributed by atoms with E-state index in [9.17, 15) is 9.59 Å². The predicted molar refractivity (Wildman–Crippen MR) is 75.9 cm³/mol. The maximum atomic E-state index is 12.3. The Morgan fingerprint density at radius 1 is 1.33 bits per heavy atom. The van der Waals surface area contributed by atoms with Gasteiger partial charge in [-0.1, -0.05) is 42.4 Å². The van der Waals surface area contributed by atoms with Gasteiger partial charge in [-0.2, -0.15) is 0 Å². The second-order valence-corrected chi connectivity index (χ2v) is 4.58. The van der Waals surface area contributed by atoms with Crippen molar-refractivity contribution in [3.05, 3.63) is 41.7 Å². The van der Waals surface area contributed by atoms with Crippen LogP contribution in [0.15, 0.2) is 34.9 Å². The molecular formula is C15H16N2O4. The highest BCUT2D eigenvalue weighted by Crippen LogP contribution is 2.25. The molecule has 0 bridgehead atoms. The van der Waals surface area contributed by atoms with E-state index in [1.807, 2.05) is 37.3 Å². The zero-order chi connectivity index (χ0) is 15.4. The fourth-order valence-corrected chi connectivity index (χ4v) is 1.92. The number of hydrogen-bond donors (Lipinski definition) is 2. The Morgan fingerprint density at radius 2 is 2.00 bits per heavy atom. The highest BCUT2D eigenvalue weighted by atomic mass is 16.5. The van der Waals surface area contributed by atoms with Crippen LogP contribution < -0.4 is 5.32 Å². The summed E-state index contributed by atoms with van der Waals surface area (Å²) in [5.41, 5.74) is 1.45. The number of carboxylic acids is 1. The first kappa shape index (κ1) is 14.8. The molecule has 6 nitrogen and oxygen atoms in total. The molecule has 0 aliphatic rings. The molecule has 0 spiro atoms. The number of amides is 1. The first-order valence-electron chi connectivity index (χ1n) is 6.62. The third kappa shape index (κ3) is 3.10. The van der Waals surface area contributed by atoms with Crippen molar-refractivity contribution in [1.82, 2.24) is 10.5 Å². The molecule has 0 saturated heterocycles. The number of carbonyl (C=O) groups excluding carboxylic acids is 1. The summed E-state index contributed by atoms with van der Waals surface area (Å²) in [5.74, 6) is -1.16. The molecule has 1 heterocycles. The average Bonchev–Trinajstić information content (AvgIpc) is 2.91. The molecule has 2 N–H and O–H groups in total. The summed E-state index contributed by atoms with van der Waals surface area (Å²) < 4.78 is 5.20. The minimum absolute atomic E-state index is 0.289. The van der Waals surface area contributed by atoms with Gasteiger partial charge in [-0.25, -0.2) is 0 Å². The van der Waals surface area contributed by atoms with Crippen molar-refractivity contribution >= 4 is 11.9 Å². The van der Waals surface area contributed by atoms with Crippen molar-refractivity contribution in [3.63, 3.8) is 0 Å². The second kappa shape index (κ2) is 6.21. The van der Waals surface area contributed by atoms with Crippen molar-refractivity contribution in [3.8, 4) is 11.3 Å². The first-order valence-corrected chi connectivity index (χ1v) is 6.62. The Kier molecular flexibility index (Phi) is 4.37. The molecule has 6 heteroatoms. The van der Waals surface area contributed by atoms with Gasteiger partial charge < -0.3 is 14.9 Å². The largest absolute Gasteiger partial charge is 0.480 e. The molecule has 1 aromatic heterocycles. The predicted octanol–water partition coefficient (Wildman–Crippen LogP) is 2.11. The molecule has 1 aromatic carbocycles. The summed E-state index contributed by atoms with van der Waals surface area (Å²) in [6.45, 7) is 3.24. The highest BCUT2D eigenvalue weighted by molar-refractivity contribution is 6.02. The Labute approximate surface area is 121 Å². The Balaban J connectivity index is 2.40. The van der Waals surface area contributed by atoms with Crippen LogP contribution in [0.1, 0.15) is 30.0 Å². The molecule has 0 aliphatic carbocycles. The fraction of sp³-hybridized carbons (Fsp3) is 0.267. The van der Waals surface area contributed by atoms with Crippen LogP contribution in [0.4, 0.5) is 0 Å². The normalized spacial score (nSPS) is 11.9. The van der Waals surface area contributed by atoms with Crippen molar-refractivity contribution in [2.24, 2.45) is 0 Å². The third-order valence-corrected chi connectivity index (χ3v) is 3.08. The quantitative estimate of drug-likeness (QED) is 0.879. The lowest BCUT2D eigenvalue weighted by Gasteiger charge is -2.09. The molecule has 2 aromatic rings. The lowest BCUT2D eigenvalue weighted by molar-refractivity contribution is -0.138. The number of benzene rings is 1. The van der Waals surface area contributed by atoms with Crippen LogP contribution in [0.5, 0.6) is 0 Å². The average molecular weight is 288 g/mol. The van der Waals surface area contributed by atoms with Gasteiger partial charge in [0.05, 0.1) is 0 Å². The van der Waals surface area contributed by atoms with E-state index in [2.05, 4.69) is 10.5 Å². The highest BCUT2D eigenvalue weighted by Gasteiger charge is 2.25. The number of hydrogen-bond acceptors (Lipinski definition) is 4. The Morgan fingerprint density at radius 3 is 2.57 bits per heavy atom. The molecular weight excluding hydrogens is 272 g/mol. The van der Waals surface area contributed by atoms with Crippen LogP contribution in [-0.2, 0) is 11.2 Å². The smallest absolute Gasteiger partial charge is 0.325 e. The van der Waals surface area contributed by atoms with E-state index in [-0.39, 0.29) is 5.56 Å². The lowest BCUT2D eigenvalue weighted by atomic mass is 10.0. The number of aromatic nitrogens is 1. The van der Waals surface area contributed by atoms with Crippen LogP contribution in [0.2, 0.25) is 0 Å². The Hall–Kier alpha value is -2.63. The van der Waals surface area contributed by atoms with Crippen molar-refractivity contribution in [2.75, 3.05) is 0 Å². The van der Waals surface area contributed by atoms with Crippen LogP contribution in [0.25, 0.3) is 11.3 Å². The van der Waals surface area contributed by atoms with Gasteiger partial charge in [0.15, 0.2) is 0 Å². The van der Waals surface area contributed by atoms with E-state index >= 15 is 0 Å². The van der Waals surface area contributed by atoms with E-state index < -0.39 is 17.9 Å². The van der Waals surface area contributed by atoms with Gasteiger partial charge in [-0.3, -0.25) is 9.59 Å². The monoisotopic (exact) mass is 288 g/mol. The number of aryl methyl sites for hydroxylation is 1.